The maximum atomic E-state index is 11.0. The zero-order valence-corrected chi connectivity index (χ0v) is 7.50. The lowest BCUT2D eigenvalue weighted by atomic mass is 10.4. The van der Waals surface area contributed by atoms with Crippen molar-refractivity contribution in [2.24, 2.45) is 0 Å². The van der Waals surface area contributed by atoms with Gasteiger partial charge in [0.05, 0.1) is 27.2 Å². The molecule has 0 aromatic heterocycles. The number of rotatable bonds is 2. The van der Waals surface area contributed by atoms with Crippen molar-refractivity contribution in [3.05, 3.63) is 0 Å². The van der Waals surface area contributed by atoms with Crippen LogP contribution in [0.15, 0.2) is 0 Å². The quantitative estimate of drug-likeness (QED) is 0.590. The molecule has 0 aromatic carbocycles. The second kappa shape index (κ2) is 3.69. The summed E-state index contributed by atoms with van der Waals surface area (Å²) in [4.78, 5) is 11.0. The zero-order valence-electron chi connectivity index (χ0n) is 7.50. The fourth-order valence-corrected chi connectivity index (χ4v) is 0.386. The third-order valence-electron chi connectivity index (χ3n) is 0.996. The highest BCUT2D eigenvalue weighted by Gasteiger charge is 2.22. The van der Waals surface area contributed by atoms with Crippen LogP contribution in [0.25, 0.3) is 0 Å². The minimum atomic E-state index is -0.592. The van der Waals surface area contributed by atoms with Gasteiger partial charge >= 0.3 is 6.09 Å². The van der Waals surface area contributed by atoms with Crippen LogP contribution in [0.1, 0.15) is 6.92 Å². The Morgan fingerprint density at radius 3 is 2.27 bits per heavy atom. The van der Waals surface area contributed by atoms with E-state index in [0.29, 0.717) is 0 Å². The first-order chi connectivity index (χ1) is 4.84. The van der Waals surface area contributed by atoms with Crippen LogP contribution in [0, 0.1) is 0 Å². The normalized spacial score (nSPS) is 14.3. The molecule has 0 rings (SSSR count). The number of hydrogen-bond donors (Lipinski definition) is 1. The average Bonchev–Trinajstić information content (AvgIpc) is 1.80. The van der Waals surface area contributed by atoms with E-state index in [2.05, 4.69) is 0 Å². The fourth-order valence-electron chi connectivity index (χ4n) is 0.386. The van der Waals surface area contributed by atoms with Crippen LogP contribution in [0.2, 0.25) is 0 Å². The number of aliphatic hydroxyl groups excluding tert-OH is 1. The van der Waals surface area contributed by atoms with Crippen molar-refractivity contribution in [1.29, 1.82) is 0 Å². The molecule has 0 heterocycles. The number of ether oxygens (including phenoxy) is 1. The molecule has 0 saturated carbocycles. The number of hydrogen-bond acceptors (Lipinski definition) is 3. The molecule has 0 bridgehead atoms. The Kier molecular flexibility index (Phi) is 3.48. The molecule has 4 heteroatoms. The van der Waals surface area contributed by atoms with Gasteiger partial charge in [0.1, 0.15) is 6.61 Å². The second-order valence-electron chi connectivity index (χ2n) is 3.44. The van der Waals surface area contributed by atoms with Gasteiger partial charge in [-0.05, 0) is 6.92 Å². The molecule has 0 aliphatic carbocycles. The van der Waals surface area contributed by atoms with Crippen LogP contribution in [0.5, 0.6) is 0 Å². The summed E-state index contributed by atoms with van der Waals surface area (Å²) in [6.45, 7) is 1.64. The molecule has 66 valence electrons. The second-order valence-corrected chi connectivity index (χ2v) is 3.44. The predicted molar refractivity (Wildman–Crippen MR) is 41.1 cm³/mol. The predicted octanol–water partition coefficient (Wildman–Crippen LogP) is 0.210. The Bertz CT molecular complexity index is 137. The van der Waals surface area contributed by atoms with E-state index in [-0.39, 0.29) is 17.2 Å². The smallest absolute Gasteiger partial charge is 0.417 e. The highest BCUT2D eigenvalue weighted by molar-refractivity contribution is 5.58. The third kappa shape index (κ3) is 4.75. The molecule has 0 aliphatic heterocycles. The average molecular weight is 162 g/mol. The molecule has 4 nitrogen and oxygen atoms in total. The first kappa shape index (κ1) is 10.4. The molecule has 1 N–H and O–H groups in total. The summed E-state index contributed by atoms with van der Waals surface area (Å²) in [6, 6.07) is 0. The maximum Gasteiger partial charge on any atom is 0.515 e. The van der Waals surface area contributed by atoms with E-state index in [9.17, 15) is 4.79 Å². The number of carbonyl (C=O) groups excluding carboxylic acids is 1. The SMILES string of the molecule is CC(O)COC(=O)[N+](C)(C)C. The van der Waals surface area contributed by atoms with Crippen molar-refractivity contribution in [3.63, 3.8) is 0 Å². The van der Waals surface area contributed by atoms with E-state index in [1.807, 2.05) is 0 Å². The number of aliphatic hydroxyl groups is 1. The molecule has 0 saturated heterocycles. The van der Waals surface area contributed by atoms with Gasteiger partial charge < -0.3 is 9.84 Å². The summed E-state index contributed by atoms with van der Waals surface area (Å²) in [6.07, 6.45) is -0.934. The first-order valence-electron chi connectivity index (χ1n) is 3.51. The number of carbonyl (C=O) groups is 1. The van der Waals surface area contributed by atoms with Crippen molar-refractivity contribution in [2.75, 3.05) is 27.7 Å². The van der Waals surface area contributed by atoms with E-state index in [1.54, 1.807) is 28.1 Å². The van der Waals surface area contributed by atoms with Gasteiger partial charge in [0.25, 0.3) is 0 Å². The van der Waals surface area contributed by atoms with Crippen molar-refractivity contribution >= 4 is 6.09 Å². The van der Waals surface area contributed by atoms with Gasteiger partial charge in [0.2, 0.25) is 0 Å². The number of quaternary nitrogens is 1. The van der Waals surface area contributed by atoms with Crippen molar-refractivity contribution in [1.82, 2.24) is 0 Å². The monoisotopic (exact) mass is 162 g/mol. The maximum absolute atomic E-state index is 11.0. The van der Waals surface area contributed by atoms with E-state index in [1.165, 1.54) is 0 Å². The summed E-state index contributed by atoms with van der Waals surface area (Å²) in [5.41, 5.74) is 0. The molecule has 0 spiro atoms. The Morgan fingerprint density at radius 1 is 1.55 bits per heavy atom. The molecule has 1 atom stereocenters. The minimum Gasteiger partial charge on any atom is -0.417 e. The Hall–Kier alpha value is -0.610. The van der Waals surface area contributed by atoms with E-state index in [0.717, 1.165) is 0 Å². The van der Waals surface area contributed by atoms with Crippen LogP contribution in [0.4, 0.5) is 4.79 Å². The largest absolute Gasteiger partial charge is 0.515 e. The Morgan fingerprint density at radius 2 is 2.00 bits per heavy atom. The molecular weight excluding hydrogens is 146 g/mol. The van der Waals surface area contributed by atoms with Crippen LogP contribution in [-0.4, -0.2) is 49.5 Å². The molecular formula is C7H16NO3+. The van der Waals surface area contributed by atoms with Gasteiger partial charge in [-0.2, -0.15) is 4.79 Å². The topological polar surface area (TPSA) is 46.5 Å². The number of nitrogens with zero attached hydrogens (tertiary/aromatic N) is 1. The summed E-state index contributed by atoms with van der Waals surface area (Å²) < 4.78 is 4.87. The lowest BCUT2D eigenvalue weighted by Crippen LogP contribution is -2.42. The summed E-state index contributed by atoms with van der Waals surface area (Å²) >= 11 is 0. The summed E-state index contributed by atoms with van der Waals surface area (Å²) in [7, 11) is 5.14. The minimum absolute atomic E-state index is 0.0638. The molecule has 1 unspecified atom stereocenters. The lowest BCUT2D eigenvalue weighted by Gasteiger charge is -2.19. The highest BCUT2D eigenvalue weighted by atomic mass is 16.6. The molecule has 0 aliphatic rings. The Labute approximate surface area is 67.0 Å². The standard InChI is InChI=1S/C7H16NO3/c1-6(9)5-11-7(10)8(2,3)4/h6,9H,5H2,1-4H3/q+1. The van der Waals surface area contributed by atoms with Crippen molar-refractivity contribution in [2.45, 2.75) is 13.0 Å². The zero-order chi connectivity index (χ0) is 9.07. The summed E-state index contributed by atoms with van der Waals surface area (Å²) in [5.74, 6) is 0. The van der Waals surface area contributed by atoms with Crippen LogP contribution < -0.4 is 0 Å². The van der Waals surface area contributed by atoms with E-state index >= 15 is 0 Å². The fraction of sp³-hybridized carbons (Fsp3) is 0.857. The molecule has 11 heavy (non-hydrogen) atoms. The Balaban J connectivity index is 3.71. The van der Waals surface area contributed by atoms with Crippen LogP contribution >= 0.6 is 0 Å². The van der Waals surface area contributed by atoms with Gasteiger partial charge in [-0.25, -0.2) is 4.48 Å². The molecule has 0 aromatic rings. The third-order valence-corrected chi connectivity index (χ3v) is 0.996. The molecule has 0 fully saturated rings. The summed E-state index contributed by atoms with van der Waals surface area (Å²) in [5, 5.41) is 8.78. The van der Waals surface area contributed by atoms with Gasteiger partial charge in [0, 0.05) is 0 Å². The van der Waals surface area contributed by atoms with Gasteiger partial charge in [0.15, 0.2) is 0 Å². The number of amides is 1. The highest BCUT2D eigenvalue weighted by Crippen LogP contribution is 1.96. The van der Waals surface area contributed by atoms with Gasteiger partial charge in [-0.3, -0.25) is 0 Å². The molecule has 0 radical (unpaired) electrons. The van der Waals surface area contributed by atoms with E-state index < -0.39 is 6.10 Å². The molecule has 1 amide bonds. The van der Waals surface area contributed by atoms with Crippen molar-refractivity contribution in [3.8, 4) is 0 Å². The van der Waals surface area contributed by atoms with Gasteiger partial charge in [-0.1, -0.05) is 0 Å². The van der Waals surface area contributed by atoms with Crippen molar-refractivity contribution < 1.29 is 19.1 Å². The van der Waals surface area contributed by atoms with Crippen LogP contribution in [0.3, 0.4) is 0 Å². The van der Waals surface area contributed by atoms with E-state index in [4.69, 9.17) is 9.84 Å². The lowest BCUT2D eigenvalue weighted by molar-refractivity contribution is -0.795. The van der Waals surface area contributed by atoms with Gasteiger partial charge in [-0.15, -0.1) is 0 Å². The first-order valence-corrected chi connectivity index (χ1v) is 3.51. The van der Waals surface area contributed by atoms with Crippen LogP contribution in [-0.2, 0) is 4.74 Å².